The third-order valence-corrected chi connectivity index (χ3v) is 2.50. The minimum Gasteiger partial charge on any atom is -0.343 e. The molecule has 0 fully saturated rings. The lowest BCUT2D eigenvalue weighted by Gasteiger charge is -2.16. The van der Waals surface area contributed by atoms with Gasteiger partial charge >= 0.3 is 0 Å². The molecule has 0 unspecified atom stereocenters. The predicted octanol–water partition coefficient (Wildman–Crippen LogP) is 2.63. The molecule has 0 saturated heterocycles. The Morgan fingerprint density at radius 1 is 1.29 bits per heavy atom. The first kappa shape index (κ1) is 11.5. The lowest BCUT2D eigenvalue weighted by molar-refractivity contribution is 0.599. The van der Waals surface area contributed by atoms with Gasteiger partial charge in [0.1, 0.15) is 5.82 Å². The Balaban J connectivity index is 2.60. The lowest BCUT2D eigenvalue weighted by atomic mass is 10.2. The molecule has 0 amide bonds. The summed E-state index contributed by atoms with van der Waals surface area (Å²) >= 11 is 0. The Morgan fingerprint density at radius 3 is 2.65 bits per heavy atom. The highest BCUT2D eigenvalue weighted by Gasteiger charge is 2.08. The van der Waals surface area contributed by atoms with Crippen LogP contribution < -0.4 is 5.43 Å². The molecule has 2 aromatic heterocycles. The Labute approximate surface area is 98.6 Å². The van der Waals surface area contributed by atoms with E-state index >= 15 is 0 Å². The first-order valence-electron chi connectivity index (χ1n) is 5.42. The van der Waals surface area contributed by atoms with Crippen LogP contribution in [0.15, 0.2) is 41.5 Å². The molecule has 17 heavy (non-hydrogen) atoms. The molecule has 3 nitrogen and oxygen atoms in total. The maximum absolute atomic E-state index is 12.8. The van der Waals surface area contributed by atoms with E-state index in [1.807, 2.05) is 18.4 Å². The largest absolute Gasteiger partial charge is 0.343 e. The van der Waals surface area contributed by atoms with E-state index < -0.39 is 0 Å². The van der Waals surface area contributed by atoms with Gasteiger partial charge in [-0.3, -0.25) is 9.78 Å². The van der Waals surface area contributed by atoms with Crippen molar-refractivity contribution in [2.24, 2.45) is 0 Å². The molecule has 0 aliphatic carbocycles. The van der Waals surface area contributed by atoms with Crippen LogP contribution in [0.5, 0.6) is 0 Å². The van der Waals surface area contributed by atoms with Crippen molar-refractivity contribution < 1.29 is 4.39 Å². The maximum atomic E-state index is 12.8. The van der Waals surface area contributed by atoms with E-state index in [1.165, 1.54) is 18.2 Å². The zero-order chi connectivity index (χ0) is 12.4. The lowest BCUT2D eigenvalue weighted by Crippen LogP contribution is -2.10. The second-order valence-electron chi connectivity index (χ2n) is 4.11. The van der Waals surface area contributed by atoms with Gasteiger partial charge in [0, 0.05) is 24.4 Å². The smallest absolute Gasteiger partial charge is 0.182 e. The minimum absolute atomic E-state index is 0.0805. The molecule has 2 aromatic rings. The molecule has 0 radical (unpaired) electrons. The van der Waals surface area contributed by atoms with Crippen LogP contribution in [-0.4, -0.2) is 9.55 Å². The third-order valence-electron chi connectivity index (χ3n) is 2.50. The van der Waals surface area contributed by atoms with E-state index in [1.54, 1.807) is 12.3 Å². The number of hydrogen-bond donors (Lipinski definition) is 0. The highest BCUT2D eigenvalue weighted by molar-refractivity contribution is 5.54. The standard InChI is InChI=1S/C13H13FN2O/c1-9(2)16-6-5-11(17)7-13(16)12-4-3-10(14)8-15-12/h3-9H,1-2H3. The number of pyridine rings is 2. The van der Waals surface area contributed by atoms with E-state index in [-0.39, 0.29) is 17.3 Å². The van der Waals surface area contributed by atoms with Crippen molar-refractivity contribution in [3.8, 4) is 11.4 Å². The molecular weight excluding hydrogens is 219 g/mol. The summed E-state index contributed by atoms with van der Waals surface area (Å²) in [6.45, 7) is 4.02. The van der Waals surface area contributed by atoms with Gasteiger partial charge in [-0.15, -0.1) is 0 Å². The minimum atomic E-state index is -0.386. The fraction of sp³-hybridized carbons (Fsp3) is 0.231. The topological polar surface area (TPSA) is 34.9 Å². The van der Waals surface area contributed by atoms with Gasteiger partial charge in [-0.2, -0.15) is 0 Å². The average molecular weight is 232 g/mol. The average Bonchev–Trinajstić information content (AvgIpc) is 2.29. The SMILES string of the molecule is CC(C)n1ccc(=O)cc1-c1ccc(F)cn1. The molecule has 2 heterocycles. The Kier molecular flexibility index (Phi) is 3.04. The number of halogens is 1. The van der Waals surface area contributed by atoms with E-state index in [0.29, 0.717) is 11.4 Å². The number of aromatic nitrogens is 2. The van der Waals surface area contributed by atoms with Crippen molar-refractivity contribution in [3.05, 3.63) is 52.7 Å². The van der Waals surface area contributed by atoms with Gasteiger partial charge < -0.3 is 4.57 Å². The highest BCUT2D eigenvalue weighted by Crippen LogP contribution is 2.18. The van der Waals surface area contributed by atoms with Crippen LogP contribution in [0.4, 0.5) is 4.39 Å². The number of nitrogens with zero attached hydrogens (tertiary/aromatic N) is 2. The van der Waals surface area contributed by atoms with E-state index in [0.717, 1.165) is 6.20 Å². The Bertz CT molecular complexity index is 573. The first-order valence-corrected chi connectivity index (χ1v) is 5.42. The molecule has 0 atom stereocenters. The molecule has 0 aliphatic rings. The summed E-state index contributed by atoms with van der Waals surface area (Å²) in [5, 5.41) is 0. The fourth-order valence-corrected chi connectivity index (χ4v) is 1.68. The van der Waals surface area contributed by atoms with E-state index in [9.17, 15) is 9.18 Å². The van der Waals surface area contributed by atoms with Crippen LogP contribution in [-0.2, 0) is 0 Å². The predicted molar refractivity (Wildman–Crippen MR) is 64.3 cm³/mol. The maximum Gasteiger partial charge on any atom is 0.182 e. The van der Waals surface area contributed by atoms with Crippen LogP contribution in [0.25, 0.3) is 11.4 Å². The van der Waals surface area contributed by atoms with Crippen molar-refractivity contribution >= 4 is 0 Å². The van der Waals surface area contributed by atoms with Gasteiger partial charge in [0.2, 0.25) is 0 Å². The summed E-state index contributed by atoms with van der Waals surface area (Å²) in [6, 6.07) is 6.14. The van der Waals surface area contributed by atoms with Gasteiger partial charge in [-0.05, 0) is 26.0 Å². The van der Waals surface area contributed by atoms with Gasteiger partial charge in [-0.25, -0.2) is 4.39 Å². The molecule has 0 spiro atoms. The van der Waals surface area contributed by atoms with Crippen molar-refractivity contribution in [1.29, 1.82) is 0 Å². The molecule has 88 valence electrons. The van der Waals surface area contributed by atoms with Crippen molar-refractivity contribution in [3.63, 3.8) is 0 Å². The zero-order valence-electron chi connectivity index (χ0n) is 9.72. The van der Waals surface area contributed by atoms with Crippen molar-refractivity contribution in [2.75, 3.05) is 0 Å². The zero-order valence-corrected chi connectivity index (χ0v) is 9.72. The van der Waals surface area contributed by atoms with Crippen LogP contribution in [0.2, 0.25) is 0 Å². The van der Waals surface area contributed by atoms with Gasteiger partial charge in [0.25, 0.3) is 0 Å². The normalized spacial score (nSPS) is 10.8. The van der Waals surface area contributed by atoms with Crippen LogP contribution in [0, 0.1) is 5.82 Å². The molecule has 2 rings (SSSR count). The summed E-state index contributed by atoms with van der Waals surface area (Å²) in [7, 11) is 0. The summed E-state index contributed by atoms with van der Waals surface area (Å²) in [5.41, 5.74) is 1.22. The third kappa shape index (κ3) is 2.41. The molecule has 0 aromatic carbocycles. The molecule has 0 saturated carbocycles. The van der Waals surface area contributed by atoms with Crippen LogP contribution in [0.1, 0.15) is 19.9 Å². The van der Waals surface area contributed by atoms with Gasteiger partial charge in [-0.1, -0.05) is 0 Å². The van der Waals surface area contributed by atoms with Crippen molar-refractivity contribution in [2.45, 2.75) is 19.9 Å². The fourth-order valence-electron chi connectivity index (χ4n) is 1.68. The highest BCUT2D eigenvalue weighted by atomic mass is 19.1. The summed E-state index contributed by atoms with van der Waals surface area (Å²) in [4.78, 5) is 15.4. The second-order valence-corrected chi connectivity index (χ2v) is 4.11. The number of rotatable bonds is 2. The monoisotopic (exact) mass is 232 g/mol. The summed E-state index contributed by atoms with van der Waals surface area (Å²) < 4.78 is 14.7. The molecule has 4 heteroatoms. The van der Waals surface area contributed by atoms with Gasteiger partial charge in [0.15, 0.2) is 5.43 Å². The second kappa shape index (κ2) is 4.49. The number of hydrogen-bond acceptors (Lipinski definition) is 2. The quantitative estimate of drug-likeness (QED) is 0.797. The summed E-state index contributed by atoms with van der Waals surface area (Å²) in [5.74, 6) is -0.386. The van der Waals surface area contributed by atoms with Crippen LogP contribution >= 0.6 is 0 Å². The molecule has 0 bridgehead atoms. The van der Waals surface area contributed by atoms with E-state index in [4.69, 9.17) is 0 Å². The Hall–Kier alpha value is -1.97. The molecule has 0 aliphatic heterocycles. The van der Waals surface area contributed by atoms with Gasteiger partial charge in [0.05, 0.1) is 17.6 Å². The first-order chi connectivity index (χ1) is 8.08. The molecule has 0 N–H and O–H groups in total. The van der Waals surface area contributed by atoms with Crippen molar-refractivity contribution in [1.82, 2.24) is 9.55 Å². The molecular formula is C13H13FN2O. The summed E-state index contributed by atoms with van der Waals surface area (Å²) in [6.07, 6.45) is 2.88. The van der Waals surface area contributed by atoms with E-state index in [2.05, 4.69) is 4.98 Å². The Morgan fingerprint density at radius 2 is 2.06 bits per heavy atom. The van der Waals surface area contributed by atoms with Crippen LogP contribution in [0.3, 0.4) is 0 Å².